The third-order valence-electron chi connectivity index (χ3n) is 2.90. The maximum atomic E-state index is 12.2. The highest BCUT2D eigenvalue weighted by atomic mass is 35.5. The van der Waals surface area contributed by atoms with Crippen molar-refractivity contribution < 1.29 is 4.79 Å². The Labute approximate surface area is 117 Å². The van der Waals surface area contributed by atoms with Crippen LogP contribution >= 0.6 is 11.6 Å². The van der Waals surface area contributed by atoms with Gasteiger partial charge >= 0.3 is 0 Å². The summed E-state index contributed by atoms with van der Waals surface area (Å²) in [4.78, 5) is 12.2. The van der Waals surface area contributed by atoms with Gasteiger partial charge in [0.2, 0.25) is 0 Å². The average Bonchev–Trinajstić information content (AvgIpc) is 2.62. The van der Waals surface area contributed by atoms with Gasteiger partial charge in [-0.1, -0.05) is 17.7 Å². The summed E-state index contributed by atoms with van der Waals surface area (Å²) in [6.07, 6.45) is 0. The summed E-state index contributed by atoms with van der Waals surface area (Å²) in [5.74, 6) is -0.211. The molecule has 2 aromatic rings. The number of carbonyl (C=O) groups excluding carboxylic acids is 1. The molecule has 0 aliphatic heterocycles. The van der Waals surface area contributed by atoms with E-state index in [1.165, 1.54) is 0 Å². The summed E-state index contributed by atoms with van der Waals surface area (Å²) in [5, 5.41) is 7.55. The van der Waals surface area contributed by atoms with E-state index < -0.39 is 0 Å². The van der Waals surface area contributed by atoms with Gasteiger partial charge in [0.15, 0.2) is 0 Å². The molecule has 0 atom stereocenters. The fourth-order valence-corrected chi connectivity index (χ4v) is 2.44. The molecule has 1 heterocycles. The predicted octanol–water partition coefficient (Wildman–Crippen LogP) is 3.25. The molecule has 1 aromatic heterocycles. The minimum Gasteiger partial charge on any atom is -0.319 e. The van der Waals surface area contributed by atoms with Crippen molar-refractivity contribution in [2.24, 2.45) is 7.05 Å². The molecule has 100 valence electrons. The van der Waals surface area contributed by atoms with Crippen LogP contribution in [-0.2, 0) is 7.05 Å². The van der Waals surface area contributed by atoms with Crippen LogP contribution in [0.4, 0.5) is 5.69 Å². The number of halogens is 1. The fourth-order valence-electron chi connectivity index (χ4n) is 2.07. The lowest BCUT2D eigenvalue weighted by Gasteiger charge is -2.11. The van der Waals surface area contributed by atoms with Crippen molar-refractivity contribution in [3.8, 4) is 0 Å². The second-order valence-corrected chi connectivity index (χ2v) is 5.09. The highest BCUT2D eigenvalue weighted by Crippen LogP contribution is 2.27. The summed E-state index contributed by atoms with van der Waals surface area (Å²) >= 11 is 6.17. The molecule has 4 nitrogen and oxygen atoms in total. The van der Waals surface area contributed by atoms with Crippen LogP contribution in [0.25, 0.3) is 0 Å². The van der Waals surface area contributed by atoms with Crippen LogP contribution in [0, 0.1) is 20.8 Å². The molecule has 0 saturated carbocycles. The van der Waals surface area contributed by atoms with Gasteiger partial charge in [0, 0.05) is 7.05 Å². The summed E-state index contributed by atoms with van der Waals surface area (Å²) < 4.78 is 1.56. The smallest absolute Gasteiger partial charge is 0.273 e. The van der Waals surface area contributed by atoms with Crippen LogP contribution in [0.2, 0.25) is 5.02 Å². The number of nitrogens with one attached hydrogen (secondary N) is 1. The first-order valence-corrected chi connectivity index (χ1v) is 6.35. The number of hydrogen-bond donors (Lipinski definition) is 1. The normalized spacial score (nSPS) is 10.6. The van der Waals surface area contributed by atoms with Gasteiger partial charge in [0.1, 0.15) is 5.69 Å². The van der Waals surface area contributed by atoms with Gasteiger partial charge in [-0.3, -0.25) is 9.48 Å². The van der Waals surface area contributed by atoms with Gasteiger partial charge in [-0.05, 0) is 44.0 Å². The summed E-state index contributed by atoms with van der Waals surface area (Å²) in [6, 6.07) is 5.56. The molecule has 0 radical (unpaired) electrons. The lowest BCUT2D eigenvalue weighted by molar-refractivity contribution is 0.101. The molecule has 1 aromatic carbocycles. The Morgan fingerprint density at radius 1 is 1.26 bits per heavy atom. The van der Waals surface area contributed by atoms with E-state index in [0.29, 0.717) is 16.4 Å². The van der Waals surface area contributed by atoms with Crippen molar-refractivity contribution in [3.05, 3.63) is 45.7 Å². The summed E-state index contributed by atoms with van der Waals surface area (Å²) in [5.41, 5.74) is 3.97. The van der Waals surface area contributed by atoms with Crippen molar-refractivity contribution in [1.82, 2.24) is 9.78 Å². The standard InChI is InChI=1S/C14H16ClN3O/c1-8-5-9(2)13(11(15)6-8)16-14(19)12-7-10(3)17-18(12)4/h5-7H,1-4H3,(H,16,19). The van der Waals surface area contributed by atoms with Gasteiger partial charge in [-0.2, -0.15) is 5.10 Å². The van der Waals surface area contributed by atoms with E-state index in [1.54, 1.807) is 17.8 Å². The Kier molecular flexibility index (Phi) is 3.62. The monoisotopic (exact) mass is 277 g/mol. The zero-order valence-electron chi connectivity index (χ0n) is 11.4. The Balaban J connectivity index is 2.32. The molecule has 0 bridgehead atoms. The zero-order chi connectivity index (χ0) is 14.2. The first-order valence-electron chi connectivity index (χ1n) is 5.97. The number of hydrogen-bond acceptors (Lipinski definition) is 2. The minimum absolute atomic E-state index is 0.211. The number of carbonyl (C=O) groups is 1. The number of benzene rings is 1. The predicted molar refractivity (Wildman–Crippen MR) is 76.8 cm³/mol. The molecule has 0 saturated heterocycles. The van der Waals surface area contributed by atoms with Crippen molar-refractivity contribution >= 4 is 23.2 Å². The highest BCUT2D eigenvalue weighted by Gasteiger charge is 2.14. The summed E-state index contributed by atoms with van der Waals surface area (Å²) in [6.45, 7) is 5.73. The fraction of sp³-hybridized carbons (Fsp3) is 0.286. The first-order chi connectivity index (χ1) is 8.88. The average molecular weight is 278 g/mol. The third kappa shape index (κ3) is 2.79. The molecule has 0 aliphatic carbocycles. The molecule has 0 fully saturated rings. The molecule has 5 heteroatoms. The van der Waals surface area contributed by atoms with Crippen molar-refractivity contribution in [1.29, 1.82) is 0 Å². The van der Waals surface area contributed by atoms with Gasteiger partial charge in [-0.15, -0.1) is 0 Å². The van der Waals surface area contributed by atoms with Crippen LogP contribution < -0.4 is 5.32 Å². The van der Waals surface area contributed by atoms with Crippen molar-refractivity contribution in [2.45, 2.75) is 20.8 Å². The molecule has 0 aliphatic rings. The van der Waals surface area contributed by atoms with Gasteiger partial charge in [-0.25, -0.2) is 0 Å². The molecule has 1 amide bonds. The van der Waals surface area contributed by atoms with Crippen LogP contribution in [0.5, 0.6) is 0 Å². The SMILES string of the molecule is Cc1cc(C)c(NC(=O)c2cc(C)nn2C)c(Cl)c1. The number of aromatic nitrogens is 2. The van der Waals surface area contributed by atoms with Gasteiger partial charge in [0.25, 0.3) is 5.91 Å². The van der Waals surface area contributed by atoms with Crippen molar-refractivity contribution in [2.75, 3.05) is 5.32 Å². The van der Waals surface area contributed by atoms with Crippen LogP contribution in [0.1, 0.15) is 27.3 Å². The number of nitrogens with zero attached hydrogens (tertiary/aromatic N) is 2. The van der Waals surface area contributed by atoms with Gasteiger partial charge < -0.3 is 5.32 Å². The maximum Gasteiger partial charge on any atom is 0.273 e. The molecular weight excluding hydrogens is 262 g/mol. The molecule has 1 N–H and O–H groups in total. The topological polar surface area (TPSA) is 46.9 Å². The number of rotatable bonds is 2. The first kappa shape index (κ1) is 13.6. The van der Waals surface area contributed by atoms with E-state index >= 15 is 0 Å². The van der Waals surface area contributed by atoms with E-state index in [-0.39, 0.29) is 5.91 Å². The zero-order valence-corrected chi connectivity index (χ0v) is 12.2. The van der Waals surface area contributed by atoms with E-state index in [1.807, 2.05) is 32.9 Å². The molecular formula is C14H16ClN3O. The maximum absolute atomic E-state index is 12.2. The number of anilines is 1. The van der Waals surface area contributed by atoms with E-state index in [2.05, 4.69) is 10.4 Å². The second-order valence-electron chi connectivity index (χ2n) is 4.69. The molecule has 0 spiro atoms. The molecule has 0 unspecified atom stereocenters. The second kappa shape index (κ2) is 5.05. The summed E-state index contributed by atoms with van der Waals surface area (Å²) in [7, 11) is 1.74. The highest BCUT2D eigenvalue weighted by molar-refractivity contribution is 6.34. The Morgan fingerprint density at radius 3 is 2.47 bits per heavy atom. The largest absolute Gasteiger partial charge is 0.319 e. The van der Waals surface area contributed by atoms with Gasteiger partial charge in [0.05, 0.1) is 16.4 Å². The lowest BCUT2D eigenvalue weighted by atomic mass is 10.1. The number of amides is 1. The quantitative estimate of drug-likeness (QED) is 0.916. The Hall–Kier alpha value is -1.81. The van der Waals surface area contributed by atoms with Crippen LogP contribution in [0.15, 0.2) is 18.2 Å². The Bertz CT molecular complexity index is 623. The van der Waals surface area contributed by atoms with Crippen LogP contribution in [-0.4, -0.2) is 15.7 Å². The third-order valence-corrected chi connectivity index (χ3v) is 3.20. The van der Waals surface area contributed by atoms with Crippen molar-refractivity contribution in [3.63, 3.8) is 0 Å². The Morgan fingerprint density at radius 2 is 1.95 bits per heavy atom. The minimum atomic E-state index is -0.211. The molecule has 2 rings (SSSR count). The van der Waals surface area contributed by atoms with E-state index in [9.17, 15) is 4.79 Å². The van der Waals surface area contributed by atoms with E-state index in [4.69, 9.17) is 11.6 Å². The van der Waals surface area contributed by atoms with E-state index in [0.717, 1.165) is 16.8 Å². The lowest BCUT2D eigenvalue weighted by Crippen LogP contribution is -2.17. The number of aryl methyl sites for hydroxylation is 4. The van der Waals surface area contributed by atoms with Crippen LogP contribution in [0.3, 0.4) is 0 Å². The molecule has 19 heavy (non-hydrogen) atoms.